The van der Waals surface area contributed by atoms with E-state index in [1.165, 1.54) is 41.8 Å². The van der Waals surface area contributed by atoms with Gasteiger partial charge in [0, 0.05) is 35.0 Å². The fourth-order valence-corrected chi connectivity index (χ4v) is 3.12. The standard InChI is InChI=1S/C19H13FN4O2S/c1-12-2-5-15(20)8-17(12)22-10-14(9-21)19-23-18(11-27-19)13-3-6-16(7-4-13)24(25)26/h2-8,10-11,22H,1H3/b14-10-. The Hall–Kier alpha value is -3.57. The molecule has 0 saturated heterocycles. The largest absolute Gasteiger partial charge is 0.360 e. The maximum Gasteiger partial charge on any atom is 0.269 e. The van der Waals surface area contributed by atoms with Gasteiger partial charge >= 0.3 is 0 Å². The molecule has 0 bridgehead atoms. The highest BCUT2D eigenvalue weighted by Crippen LogP contribution is 2.27. The highest BCUT2D eigenvalue weighted by atomic mass is 32.1. The number of non-ortho nitro benzene ring substituents is 1. The van der Waals surface area contributed by atoms with Crippen LogP contribution < -0.4 is 5.32 Å². The Balaban J connectivity index is 1.84. The number of anilines is 1. The summed E-state index contributed by atoms with van der Waals surface area (Å²) in [4.78, 5) is 14.7. The zero-order valence-electron chi connectivity index (χ0n) is 14.1. The summed E-state index contributed by atoms with van der Waals surface area (Å²) in [6, 6.07) is 12.5. The Morgan fingerprint density at radius 1 is 1.33 bits per heavy atom. The lowest BCUT2D eigenvalue weighted by Gasteiger charge is -2.05. The molecule has 1 heterocycles. The smallest absolute Gasteiger partial charge is 0.269 e. The molecule has 0 aliphatic rings. The molecule has 6 nitrogen and oxygen atoms in total. The minimum Gasteiger partial charge on any atom is -0.360 e. The summed E-state index contributed by atoms with van der Waals surface area (Å²) in [6.45, 7) is 1.83. The van der Waals surface area contributed by atoms with E-state index in [4.69, 9.17) is 0 Å². The van der Waals surface area contributed by atoms with E-state index < -0.39 is 4.92 Å². The summed E-state index contributed by atoms with van der Waals surface area (Å²) >= 11 is 1.28. The van der Waals surface area contributed by atoms with Crippen molar-refractivity contribution >= 4 is 28.3 Å². The summed E-state index contributed by atoms with van der Waals surface area (Å²) in [6.07, 6.45) is 1.49. The van der Waals surface area contributed by atoms with Crippen LogP contribution in [0.3, 0.4) is 0 Å². The minimum atomic E-state index is -0.465. The van der Waals surface area contributed by atoms with Crippen molar-refractivity contribution in [3.05, 3.63) is 80.5 Å². The van der Waals surface area contributed by atoms with Gasteiger partial charge in [-0.25, -0.2) is 9.37 Å². The number of benzene rings is 2. The van der Waals surface area contributed by atoms with Gasteiger partial charge in [0.2, 0.25) is 0 Å². The van der Waals surface area contributed by atoms with Gasteiger partial charge in [-0.15, -0.1) is 11.3 Å². The predicted molar refractivity (Wildman–Crippen MR) is 103 cm³/mol. The summed E-state index contributed by atoms with van der Waals surface area (Å²) in [5.74, 6) is -0.371. The maximum atomic E-state index is 13.4. The lowest BCUT2D eigenvalue weighted by Crippen LogP contribution is -1.94. The van der Waals surface area contributed by atoms with Crippen molar-refractivity contribution in [2.24, 2.45) is 0 Å². The molecular formula is C19H13FN4O2S. The van der Waals surface area contributed by atoms with E-state index in [0.29, 0.717) is 27.5 Å². The average Bonchev–Trinajstić information content (AvgIpc) is 3.15. The lowest BCUT2D eigenvalue weighted by atomic mass is 10.1. The van der Waals surface area contributed by atoms with Crippen LogP contribution in [0.2, 0.25) is 0 Å². The first kappa shape index (κ1) is 18.2. The highest BCUT2D eigenvalue weighted by Gasteiger charge is 2.11. The summed E-state index contributed by atoms with van der Waals surface area (Å²) in [7, 11) is 0. The Kier molecular flexibility index (Phi) is 5.24. The molecule has 134 valence electrons. The molecule has 3 aromatic rings. The van der Waals surface area contributed by atoms with E-state index in [1.807, 2.05) is 6.92 Å². The maximum absolute atomic E-state index is 13.4. The number of aromatic nitrogens is 1. The predicted octanol–water partition coefficient (Wildman–Crippen LogP) is 5.14. The van der Waals surface area contributed by atoms with Gasteiger partial charge in [-0.3, -0.25) is 10.1 Å². The van der Waals surface area contributed by atoms with E-state index in [2.05, 4.69) is 16.4 Å². The molecule has 0 unspecified atom stereocenters. The molecule has 0 aliphatic heterocycles. The van der Waals surface area contributed by atoms with E-state index >= 15 is 0 Å². The molecule has 0 amide bonds. The third kappa shape index (κ3) is 4.16. The van der Waals surface area contributed by atoms with E-state index in [9.17, 15) is 19.8 Å². The van der Waals surface area contributed by atoms with Crippen LogP contribution in [-0.4, -0.2) is 9.91 Å². The van der Waals surface area contributed by atoms with Crippen LogP contribution in [0.4, 0.5) is 15.8 Å². The number of nitro groups is 1. The van der Waals surface area contributed by atoms with Gasteiger partial charge in [-0.1, -0.05) is 6.07 Å². The van der Waals surface area contributed by atoms with Gasteiger partial charge in [0.1, 0.15) is 22.5 Å². The van der Waals surface area contributed by atoms with Crippen molar-refractivity contribution in [1.82, 2.24) is 4.98 Å². The highest BCUT2D eigenvalue weighted by molar-refractivity contribution is 7.11. The van der Waals surface area contributed by atoms with Gasteiger partial charge in [-0.2, -0.15) is 5.26 Å². The average molecular weight is 380 g/mol. The van der Waals surface area contributed by atoms with Crippen LogP contribution in [-0.2, 0) is 0 Å². The van der Waals surface area contributed by atoms with E-state index in [0.717, 1.165) is 5.56 Å². The van der Waals surface area contributed by atoms with Crippen molar-refractivity contribution in [2.45, 2.75) is 6.92 Å². The zero-order valence-corrected chi connectivity index (χ0v) is 15.0. The van der Waals surface area contributed by atoms with Crippen LogP contribution in [0.15, 0.2) is 54.0 Å². The van der Waals surface area contributed by atoms with Crippen molar-refractivity contribution in [3.8, 4) is 17.3 Å². The fourth-order valence-electron chi connectivity index (χ4n) is 2.33. The zero-order chi connectivity index (χ0) is 19.4. The molecule has 0 atom stereocenters. The van der Waals surface area contributed by atoms with E-state index in [-0.39, 0.29) is 11.5 Å². The molecule has 2 aromatic carbocycles. The monoisotopic (exact) mass is 380 g/mol. The van der Waals surface area contributed by atoms with E-state index in [1.54, 1.807) is 23.6 Å². The number of hydrogen-bond donors (Lipinski definition) is 1. The Morgan fingerprint density at radius 3 is 2.74 bits per heavy atom. The van der Waals surface area contributed by atoms with Crippen LogP contribution in [0.1, 0.15) is 10.6 Å². The number of allylic oxidation sites excluding steroid dienone is 1. The van der Waals surface area contributed by atoms with Crippen molar-refractivity contribution < 1.29 is 9.31 Å². The number of thiazole rings is 1. The van der Waals surface area contributed by atoms with Crippen LogP contribution in [0.5, 0.6) is 0 Å². The number of halogens is 1. The Labute approximate surface area is 158 Å². The minimum absolute atomic E-state index is 0.00137. The van der Waals surface area contributed by atoms with Crippen molar-refractivity contribution in [3.63, 3.8) is 0 Å². The van der Waals surface area contributed by atoms with Gasteiger partial charge in [0.05, 0.1) is 10.6 Å². The first-order valence-electron chi connectivity index (χ1n) is 7.81. The summed E-state index contributed by atoms with van der Waals surface area (Å²) < 4.78 is 13.4. The number of rotatable bonds is 5. The molecule has 1 N–H and O–H groups in total. The first-order valence-corrected chi connectivity index (χ1v) is 8.69. The summed E-state index contributed by atoms with van der Waals surface area (Å²) in [5.41, 5.74) is 3.05. The topological polar surface area (TPSA) is 91.8 Å². The van der Waals surface area contributed by atoms with Crippen molar-refractivity contribution in [2.75, 3.05) is 5.32 Å². The number of nitriles is 1. The fraction of sp³-hybridized carbons (Fsp3) is 0.0526. The van der Waals surface area contributed by atoms with Crippen LogP contribution >= 0.6 is 11.3 Å². The Bertz CT molecular complexity index is 1070. The van der Waals surface area contributed by atoms with Gasteiger partial charge in [0.25, 0.3) is 5.69 Å². The molecular weight excluding hydrogens is 367 g/mol. The SMILES string of the molecule is Cc1ccc(F)cc1N/C=C(/C#N)c1nc(-c2ccc([N+](=O)[O-])cc2)cs1. The summed E-state index contributed by atoms with van der Waals surface area (Å²) in [5, 5.41) is 25.4. The molecule has 8 heteroatoms. The Morgan fingerprint density at radius 2 is 2.07 bits per heavy atom. The van der Waals surface area contributed by atoms with Crippen LogP contribution in [0.25, 0.3) is 16.8 Å². The second-order valence-corrected chi connectivity index (χ2v) is 6.47. The van der Waals surface area contributed by atoms with Crippen LogP contribution in [0, 0.1) is 34.2 Å². The number of nitro benzene ring substituents is 1. The lowest BCUT2D eigenvalue weighted by molar-refractivity contribution is -0.384. The number of nitrogens with one attached hydrogen (secondary N) is 1. The molecule has 0 radical (unpaired) electrons. The molecule has 3 rings (SSSR count). The second-order valence-electron chi connectivity index (χ2n) is 5.62. The molecule has 0 fully saturated rings. The third-order valence-corrected chi connectivity index (χ3v) is 4.68. The van der Waals surface area contributed by atoms with Gasteiger partial charge in [0.15, 0.2) is 0 Å². The second kappa shape index (κ2) is 7.76. The molecule has 0 aliphatic carbocycles. The number of nitrogens with zero attached hydrogens (tertiary/aromatic N) is 3. The molecule has 1 aromatic heterocycles. The van der Waals surface area contributed by atoms with Gasteiger partial charge < -0.3 is 5.32 Å². The molecule has 0 saturated carbocycles. The third-order valence-electron chi connectivity index (χ3n) is 3.80. The number of aryl methyl sites for hydroxylation is 1. The van der Waals surface area contributed by atoms with Gasteiger partial charge in [-0.05, 0) is 36.8 Å². The number of hydrogen-bond acceptors (Lipinski definition) is 6. The quantitative estimate of drug-likeness (QED) is 0.376. The van der Waals surface area contributed by atoms with Crippen molar-refractivity contribution in [1.29, 1.82) is 5.26 Å². The normalized spacial score (nSPS) is 11.1. The molecule has 27 heavy (non-hydrogen) atoms. The first-order chi connectivity index (χ1) is 13.0. The molecule has 0 spiro atoms.